The zero-order valence-corrected chi connectivity index (χ0v) is 8.08. The van der Waals surface area contributed by atoms with Gasteiger partial charge in [-0.3, -0.25) is 0 Å². The molecule has 0 saturated heterocycles. The fourth-order valence-electron chi connectivity index (χ4n) is 1.82. The van der Waals surface area contributed by atoms with E-state index in [0.29, 0.717) is 6.04 Å². The minimum Gasteiger partial charge on any atom is -0.496 e. The molecule has 1 aliphatic carbocycles. The quantitative estimate of drug-likeness (QED) is 0.746. The molecule has 1 aromatic rings. The van der Waals surface area contributed by atoms with Gasteiger partial charge < -0.3 is 10.5 Å². The van der Waals surface area contributed by atoms with Gasteiger partial charge in [-0.05, 0) is 12.5 Å². The number of benzene rings is 1. The number of ether oxygens (including phenoxy) is 1. The molecule has 13 heavy (non-hydrogen) atoms. The van der Waals surface area contributed by atoms with Gasteiger partial charge in [0.15, 0.2) is 0 Å². The summed E-state index contributed by atoms with van der Waals surface area (Å²) in [5, 5.41) is 0. The van der Waals surface area contributed by atoms with E-state index in [1.54, 1.807) is 7.11 Å². The van der Waals surface area contributed by atoms with Crippen LogP contribution in [0.4, 0.5) is 0 Å². The Morgan fingerprint density at radius 1 is 1.46 bits per heavy atom. The maximum absolute atomic E-state index is 5.90. The summed E-state index contributed by atoms with van der Waals surface area (Å²) in [6, 6.07) is 8.41. The first kappa shape index (κ1) is 8.57. The Balaban J connectivity index is 2.40. The third-order valence-corrected chi connectivity index (χ3v) is 3.02. The van der Waals surface area contributed by atoms with Gasteiger partial charge in [-0.1, -0.05) is 25.1 Å². The molecule has 1 aromatic carbocycles. The summed E-state index contributed by atoms with van der Waals surface area (Å²) in [7, 11) is 1.70. The Kier molecular flexibility index (Phi) is 1.81. The van der Waals surface area contributed by atoms with Crippen molar-refractivity contribution in [2.75, 3.05) is 7.11 Å². The maximum Gasteiger partial charge on any atom is 0.122 e. The lowest BCUT2D eigenvalue weighted by molar-refractivity contribution is 0.405. The van der Waals surface area contributed by atoms with E-state index >= 15 is 0 Å². The van der Waals surface area contributed by atoms with Crippen LogP contribution in [0.3, 0.4) is 0 Å². The molecule has 1 aliphatic rings. The fraction of sp³-hybridized carbons (Fsp3) is 0.455. The summed E-state index contributed by atoms with van der Waals surface area (Å²) in [6.45, 7) is 2.19. The van der Waals surface area contributed by atoms with Crippen LogP contribution in [0.25, 0.3) is 0 Å². The van der Waals surface area contributed by atoms with Crippen LogP contribution in [0.2, 0.25) is 0 Å². The molecule has 1 saturated carbocycles. The number of para-hydroxylation sites is 1. The molecule has 2 heteroatoms. The third kappa shape index (κ3) is 1.22. The molecule has 0 spiro atoms. The molecule has 0 bridgehead atoms. The first-order valence-electron chi connectivity index (χ1n) is 4.57. The van der Waals surface area contributed by atoms with Crippen molar-refractivity contribution in [3.63, 3.8) is 0 Å². The summed E-state index contributed by atoms with van der Waals surface area (Å²) >= 11 is 0. The Morgan fingerprint density at radius 3 is 2.62 bits per heavy atom. The molecule has 2 atom stereocenters. The van der Waals surface area contributed by atoms with Crippen molar-refractivity contribution in [2.24, 2.45) is 5.73 Å². The average Bonchev–Trinajstić information content (AvgIpc) is 2.76. The normalized spacial score (nSPS) is 31.5. The molecule has 2 N–H and O–H groups in total. The predicted octanol–water partition coefficient (Wildman–Crippen LogP) is 1.68. The van der Waals surface area contributed by atoms with Crippen LogP contribution in [0.1, 0.15) is 18.9 Å². The van der Waals surface area contributed by atoms with Crippen LogP contribution >= 0.6 is 0 Å². The van der Waals surface area contributed by atoms with Crippen LogP contribution in [0.15, 0.2) is 24.3 Å². The van der Waals surface area contributed by atoms with Crippen molar-refractivity contribution in [1.82, 2.24) is 0 Å². The molecule has 0 unspecified atom stereocenters. The highest BCUT2D eigenvalue weighted by atomic mass is 16.5. The van der Waals surface area contributed by atoms with Crippen LogP contribution < -0.4 is 10.5 Å². The van der Waals surface area contributed by atoms with Crippen LogP contribution in [-0.2, 0) is 5.41 Å². The first-order chi connectivity index (χ1) is 6.18. The van der Waals surface area contributed by atoms with Gasteiger partial charge in [0.2, 0.25) is 0 Å². The van der Waals surface area contributed by atoms with Gasteiger partial charge in [0.05, 0.1) is 7.11 Å². The van der Waals surface area contributed by atoms with E-state index in [1.165, 1.54) is 5.56 Å². The fourth-order valence-corrected chi connectivity index (χ4v) is 1.82. The predicted molar refractivity (Wildman–Crippen MR) is 52.9 cm³/mol. The van der Waals surface area contributed by atoms with Crippen molar-refractivity contribution in [3.05, 3.63) is 29.8 Å². The minimum atomic E-state index is 0.145. The van der Waals surface area contributed by atoms with Crippen molar-refractivity contribution in [1.29, 1.82) is 0 Å². The summed E-state index contributed by atoms with van der Waals surface area (Å²) in [5.74, 6) is 0.956. The van der Waals surface area contributed by atoms with E-state index < -0.39 is 0 Å². The van der Waals surface area contributed by atoms with E-state index in [4.69, 9.17) is 10.5 Å². The number of methoxy groups -OCH3 is 1. The molecule has 70 valence electrons. The second-order valence-corrected chi connectivity index (χ2v) is 3.93. The lowest BCUT2D eigenvalue weighted by Gasteiger charge is -2.14. The van der Waals surface area contributed by atoms with Gasteiger partial charge in [-0.15, -0.1) is 0 Å². The van der Waals surface area contributed by atoms with Gasteiger partial charge >= 0.3 is 0 Å². The van der Waals surface area contributed by atoms with E-state index in [1.807, 2.05) is 18.2 Å². The topological polar surface area (TPSA) is 35.2 Å². The van der Waals surface area contributed by atoms with Crippen molar-refractivity contribution in [2.45, 2.75) is 24.8 Å². The Labute approximate surface area is 78.7 Å². The monoisotopic (exact) mass is 177 g/mol. The SMILES string of the molecule is COc1ccccc1[C@]1(C)C[C@@H]1N. The van der Waals surface area contributed by atoms with Crippen molar-refractivity contribution in [3.8, 4) is 5.75 Å². The lowest BCUT2D eigenvalue weighted by Crippen LogP contribution is -2.15. The average molecular weight is 177 g/mol. The minimum absolute atomic E-state index is 0.145. The molecule has 2 rings (SSSR count). The van der Waals surface area contributed by atoms with Gasteiger partial charge in [0, 0.05) is 17.0 Å². The van der Waals surface area contributed by atoms with Crippen LogP contribution in [-0.4, -0.2) is 13.2 Å². The molecule has 0 radical (unpaired) electrons. The standard InChI is InChI=1S/C11H15NO/c1-11(7-10(11)12)8-5-3-4-6-9(8)13-2/h3-6,10H,7,12H2,1-2H3/t10-,11-/m0/s1. The highest BCUT2D eigenvalue weighted by Crippen LogP contribution is 2.49. The summed E-state index contributed by atoms with van der Waals surface area (Å²) in [4.78, 5) is 0. The van der Waals surface area contributed by atoms with Gasteiger partial charge in [-0.25, -0.2) is 0 Å². The lowest BCUT2D eigenvalue weighted by atomic mass is 9.96. The zero-order valence-electron chi connectivity index (χ0n) is 8.08. The van der Waals surface area contributed by atoms with Crippen LogP contribution in [0, 0.1) is 0 Å². The summed E-state index contributed by atoms with van der Waals surface area (Å²) < 4.78 is 5.30. The van der Waals surface area contributed by atoms with E-state index in [9.17, 15) is 0 Å². The summed E-state index contributed by atoms with van der Waals surface area (Å²) in [5.41, 5.74) is 7.29. The Hall–Kier alpha value is -1.02. The second kappa shape index (κ2) is 2.74. The first-order valence-corrected chi connectivity index (χ1v) is 4.57. The van der Waals surface area contributed by atoms with Crippen molar-refractivity contribution < 1.29 is 4.74 Å². The molecule has 0 amide bonds. The third-order valence-electron chi connectivity index (χ3n) is 3.02. The zero-order chi connectivity index (χ0) is 9.47. The number of hydrogen-bond acceptors (Lipinski definition) is 2. The number of rotatable bonds is 2. The molecule has 2 nitrogen and oxygen atoms in total. The number of nitrogens with two attached hydrogens (primary N) is 1. The van der Waals surface area contributed by atoms with Gasteiger partial charge in [0.25, 0.3) is 0 Å². The van der Waals surface area contributed by atoms with E-state index in [2.05, 4.69) is 13.0 Å². The second-order valence-electron chi connectivity index (χ2n) is 3.93. The maximum atomic E-state index is 5.90. The summed E-state index contributed by atoms with van der Waals surface area (Å²) in [6.07, 6.45) is 1.06. The van der Waals surface area contributed by atoms with Crippen LogP contribution in [0.5, 0.6) is 5.75 Å². The Morgan fingerprint density at radius 2 is 2.08 bits per heavy atom. The van der Waals surface area contributed by atoms with Gasteiger partial charge in [-0.2, -0.15) is 0 Å². The molecular formula is C11H15NO. The molecule has 1 fully saturated rings. The van der Waals surface area contributed by atoms with E-state index in [-0.39, 0.29) is 5.41 Å². The largest absolute Gasteiger partial charge is 0.496 e. The molecule has 0 heterocycles. The van der Waals surface area contributed by atoms with Crippen molar-refractivity contribution >= 4 is 0 Å². The van der Waals surface area contributed by atoms with Gasteiger partial charge in [0.1, 0.15) is 5.75 Å². The Bertz CT molecular complexity index is 324. The molecular weight excluding hydrogens is 162 g/mol. The highest BCUT2D eigenvalue weighted by molar-refractivity contribution is 5.45. The number of hydrogen-bond donors (Lipinski definition) is 1. The highest BCUT2D eigenvalue weighted by Gasteiger charge is 2.50. The molecule has 0 aliphatic heterocycles. The molecule has 0 aromatic heterocycles. The smallest absolute Gasteiger partial charge is 0.122 e. The van der Waals surface area contributed by atoms with E-state index in [0.717, 1.165) is 12.2 Å².